The van der Waals surface area contributed by atoms with Crippen molar-refractivity contribution in [3.05, 3.63) is 27.7 Å². The van der Waals surface area contributed by atoms with Gasteiger partial charge in [-0.15, -0.1) is 0 Å². The maximum absolute atomic E-state index is 12.6. The molecule has 0 bridgehead atoms. The van der Waals surface area contributed by atoms with Gasteiger partial charge < -0.3 is 24.4 Å². The fraction of sp³-hybridized carbons (Fsp3) is 0.533. The third kappa shape index (κ3) is 2.39. The van der Waals surface area contributed by atoms with Crippen LogP contribution in [0.5, 0.6) is 5.75 Å². The normalized spacial score (nSPS) is 23.6. The molecule has 0 spiro atoms. The first-order valence-electron chi connectivity index (χ1n) is 7.47. The number of rotatable bonds is 2. The molecule has 1 fully saturated rings. The molecular formula is C15H18N2O6. The van der Waals surface area contributed by atoms with Gasteiger partial charge in [-0.25, -0.2) is 4.79 Å². The summed E-state index contributed by atoms with van der Waals surface area (Å²) in [7, 11) is 0. The zero-order chi connectivity index (χ0) is 16.9. The topological polar surface area (TPSA) is 109 Å². The lowest BCUT2D eigenvalue weighted by Crippen LogP contribution is -2.56. The number of hydrogen-bond acceptors (Lipinski definition) is 5. The zero-order valence-electron chi connectivity index (χ0n) is 12.9. The van der Waals surface area contributed by atoms with Crippen molar-refractivity contribution >= 4 is 11.9 Å². The molecule has 1 saturated heterocycles. The van der Waals surface area contributed by atoms with Gasteiger partial charge in [-0.2, -0.15) is 0 Å². The number of pyridine rings is 1. The Balaban J connectivity index is 2.05. The number of aromatic hydroxyl groups is 1. The van der Waals surface area contributed by atoms with Gasteiger partial charge in [-0.05, 0) is 12.3 Å². The molecule has 2 N–H and O–H groups in total. The van der Waals surface area contributed by atoms with E-state index in [9.17, 15) is 19.5 Å². The number of aromatic nitrogens is 1. The van der Waals surface area contributed by atoms with Gasteiger partial charge in [0.2, 0.25) is 5.43 Å². The molecule has 0 radical (unpaired) electrons. The van der Waals surface area contributed by atoms with Crippen LogP contribution in [-0.2, 0) is 11.3 Å². The van der Waals surface area contributed by atoms with Crippen molar-refractivity contribution < 1.29 is 24.5 Å². The molecule has 0 saturated carbocycles. The van der Waals surface area contributed by atoms with Crippen LogP contribution in [0.4, 0.5) is 0 Å². The Kier molecular flexibility index (Phi) is 3.63. The molecule has 1 amide bonds. The number of nitrogens with zero attached hydrogens (tertiary/aromatic N) is 2. The van der Waals surface area contributed by atoms with Crippen LogP contribution in [0, 0.1) is 5.92 Å². The third-order valence-corrected chi connectivity index (χ3v) is 4.38. The van der Waals surface area contributed by atoms with Gasteiger partial charge in [0.1, 0.15) is 5.56 Å². The summed E-state index contributed by atoms with van der Waals surface area (Å²) >= 11 is 0. The minimum absolute atomic E-state index is 0.0116. The van der Waals surface area contributed by atoms with E-state index >= 15 is 0 Å². The Hall–Kier alpha value is -2.35. The van der Waals surface area contributed by atoms with E-state index in [1.54, 1.807) is 0 Å². The van der Waals surface area contributed by atoms with E-state index in [0.717, 1.165) is 6.20 Å². The lowest BCUT2D eigenvalue weighted by molar-refractivity contribution is -0.147. The quantitative estimate of drug-likeness (QED) is 0.819. The monoisotopic (exact) mass is 322 g/mol. The summed E-state index contributed by atoms with van der Waals surface area (Å²) in [6, 6.07) is 0. The van der Waals surface area contributed by atoms with Crippen LogP contribution >= 0.6 is 0 Å². The number of amides is 1. The molecule has 0 unspecified atom stereocenters. The molecule has 23 heavy (non-hydrogen) atoms. The SMILES string of the molecule is CC(C)[C@@H]1CCN2C(=O)c3c(O)c(=O)c(C(=O)O)cn3C[C@@H]2O1. The molecule has 0 aromatic carbocycles. The summed E-state index contributed by atoms with van der Waals surface area (Å²) in [5.74, 6) is -2.49. The van der Waals surface area contributed by atoms with E-state index in [4.69, 9.17) is 9.84 Å². The first-order chi connectivity index (χ1) is 10.8. The lowest BCUT2D eigenvalue weighted by atomic mass is 10.0. The van der Waals surface area contributed by atoms with Crippen LogP contribution in [0.2, 0.25) is 0 Å². The van der Waals surface area contributed by atoms with Crippen LogP contribution in [0.1, 0.15) is 41.1 Å². The van der Waals surface area contributed by atoms with Crippen molar-refractivity contribution in [2.24, 2.45) is 5.92 Å². The second-order valence-electron chi connectivity index (χ2n) is 6.19. The predicted molar refractivity (Wildman–Crippen MR) is 78.5 cm³/mol. The van der Waals surface area contributed by atoms with Gasteiger partial charge in [0.05, 0.1) is 12.6 Å². The highest BCUT2D eigenvalue weighted by molar-refractivity contribution is 5.97. The van der Waals surface area contributed by atoms with Gasteiger partial charge >= 0.3 is 5.97 Å². The van der Waals surface area contributed by atoms with Crippen LogP contribution < -0.4 is 5.43 Å². The second kappa shape index (κ2) is 5.38. The molecule has 1 aromatic heterocycles. The molecule has 3 rings (SSSR count). The summed E-state index contributed by atoms with van der Waals surface area (Å²) in [5.41, 5.74) is -1.79. The van der Waals surface area contributed by atoms with E-state index in [1.165, 1.54) is 9.47 Å². The third-order valence-electron chi connectivity index (χ3n) is 4.38. The Labute approximate surface area is 131 Å². The number of carbonyl (C=O) groups is 2. The first-order valence-corrected chi connectivity index (χ1v) is 7.47. The minimum atomic E-state index is -1.44. The summed E-state index contributed by atoms with van der Waals surface area (Å²) in [6.45, 7) is 4.72. The Bertz CT molecular complexity index is 738. The van der Waals surface area contributed by atoms with Crippen LogP contribution in [-0.4, -0.2) is 50.4 Å². The lowest BCUT2D eigenvalue weighted by Gasteiger charge is -2.44. The van der Waals surface area contributed by atoms with E-state index in [-0.39, 0.29) is 18.3 Å². The van der Waals surface area contributed by atoms with Crippen molar-refractivity contribution in [2.45, 2.75) is 39.1 Å². The average Bonchev–Trinajstić information content (AvgIpc) is 2.49. The van der Waals surface area contributed by atoms with Crippen LogP contribution in [0.15, 0.2) is 11.0 Å². The number of hydrogen-bond donors (Lipinski definition) is 2. The second-order valence-corrected chi connectivity index (χ2v) is 6.19. The van der Waals surface area contributed by atoms with Gasteiger partial charge in [0, 0.05) is 12.7 Å². The van der Waals surface area contributed by atoms with Crippen molar-refractivity contribution in [1.82, 2.24) is 9.47 Å². The van der Waals surface area contributed by atoms with E-state index in [1.807, 2.05) is 13.8 Å². The average molecular weight is 322 g/mol. The molecule has 8 nitrogen and oxygen atoms in total. The largest absolute Gasteiger partial charge is 0.503 e. The Morgan fingerprint density at radius 2 is 2.09 bits per heavy atom. The minimum Gasteiger partial charge on any atom is -0.503 e. The maximum atomic E-state index is 12.6. The van der Waals surface area contributed by atoms with Gasteiger partial charge in [0.25, 0.3) is 5.91 Å². The first kappa shape index (κ1) is 15.5. The number of fused-ring (bicyclic) bond motifs is 2. The number of carboxylic acids is 1. The Morgan fingerprint density at radius 3 is 2.70 bits per heavy atom. The number of carbonyl (C=O) groups excluding carboxylic acids is 1. The molecule has 2 atom stereocenters. The molecule has 1 aromatic rings. The maximum Gasteiger partial charge on any atom is 0.341 e. The molecule has 124 valence electrons. The highest BCUT2D eigenvalue weighted by Gasteiger charge is 2.40. The molecule has 8 heteroatoms. The number of carboxylic acid groups (broad SMARTS) is 1. The van der Waals surface area contributed by atoms with Gasteiger partial charge in [-0.1, -0.05) is 13.8 Å². The van der Waals surface area contributed by atoms with E-state index in [2.05, 4.69) is 0 Å². The highest BCUT2D eigenvalue weighted by Crippen LogP contribution is 2.30. The zero-order valence-corrected chi connectivity index (χ0v) is 12.9. The Morgan fingerprint density at radius 1 is 1.39 bits per heavy atom. The van der Waals surface area contributed by atoms with Crippen molar-refractivity contribution in [2.75, 3.05) is 6.54 Å². The molecule has 3 heterocycles. The summed E-state index contributed by atoms with van der Waals surface area (Å²) in [4.78, 5) is 37.0. The highest BCUT2D eigenvalue weighted by atomic mass is 16.5. The van der Waals surface area contributed by atoms with Gasteiger partial charge in [-0.3, -0.25) is 9.59 Å². The van der Waals surface area contributed by atoms with Crippen LogP contribution in [0.3, 0.4) is 0 Å². The number of aromatic carboxylic acids is 1. The molecule has 2 aliphatic rings. The summed E-state index contributed by atoms with van der Waals surface area (Å²) in [5, 5.41) is 19.0. The van der Waals surface area contributed by atoms with Crippen molar-refractivity contribution in [1.29, 1.82) is 0 Å². The van der Waals surface area contributed by atoms with E-state index < -0.39 is 34.8 Å². The molecule has 2 aliphatic heterocycles. The number of ether oxygens (including phenoxy) is 1. The summed E-state index contributed by atoms with van der Waals surface area (Å²) < 4.78 is 7.22. The van der Waals surface area contributed by atoms with Crippen molar-refractivity contribution in [3.63, 3.8) is 0 Å². The standard InChI is InChI=1S/C15H18N2O6/c1-7(2)9-3-4-17-10(23-9)6-16-5-8(15(21)22)12(18)13(19)11(16)14(17)20/h5,7,9-10,19H,3-4,6H2,1-2H3,(H,21,22)/t9-,10-/m0/s1. The van der Waals surface area contributed by atoms with E-state index in [0.29, 0.717) is 18.9 Å². The fourth-order valence-electron chi connectivity index (χ4n) is 3.09. The smallest absolute Gasteiger partial charge is 0.341 e. The van der Waals surface area contributed by atoms with Crippen LogP contribution in [0.25, 0.3) is 0 Å². The van der Waals surface area contributed by atoms with Gasteiger partial charge in [0.15, 0.2) is 17.7 Å². The fourth-order valence-corrected chi connectivity index (χ4v) is 3.09. The van der Waals surface area contributed by atoms with Crippen molar-refractivity contribution in [3.8, 4) is 5.75 Å². The molecular weight excluding hydrogens is 304 g/mol. The summed E-state index contributed by atoms with van der Waals surface area (Å²) in [6.07, 6.45) is 1.26. The molecule has 0 aliphatic carbocycles. The predicted octanol–water partition coefficient (Wildman–Crippen LogP) is 0.479.